The number of rotatable bonds is 2. The average molecular weight is 354 g/mol. The summed E-state index contributed by atoms with van der Waals surface area (Å²) >= 11 is 0. The molecule has 6 unspecified atom stereocenters. The summed E-state index contributed by atoms with van der Waals surface area (Å²) in [5.41, 5.74) is 2.93. The van der Waals surface area contributed by atoms with Gasteiger partial charge in [-0.15, -0.1) is 0 Å². The highest BCUT2D eigenvalue weighted by Gasteiger charge is 2.73. The highest BCUT2D eigenvalue weighted by atomic mass is 16.5. The van der Waals surface area contributed by atoms with Crippen LogP contribution in [0.5, 0.6) is 0 Å². The lowest BCUT2D eigenvalue weighted by Gasteiger charge is -2.66. The molecule has 2 saturated heterocycles. The summed E-state index contributed by atoms with van der Waals surface area (Å²) in [6.07, 6.45) is 2.63. The van der Waals surface area contributed by atoms with E-state index in [0.717, 1.165) is 22.5 Å². The lowest BCUT2D eigenvalue weighted by atomic mass is 9.42. The number of piperidine rings is 2. The Balaban J connectivity index is 1.85. The standard InChI is InChI=1S/C20H22N2O4/c1-3-10-11-8-15-18-20(16(11)19(24)26-2,13(9-23)17(10)22(15)25)12-6-4-5-7-14(12)21-18/h3-7,11,13,15-17,23,25H,8-9H2,1-2H3/b10-3-. The van der Waals surface area contributed by atoms with Crippen molar-refractivity contribution in [3.8, 4) is 0 Å². The summed E-state index contributed by atoms with van der Waals surface area (Å²) < 4.78 is 5.23. The maximum atomic E-state index is 13.0. The van der Waals surface area contributed by atoms with Crippen LogP contribution in [0, 0.1) is 17.8 Å². The Labute approximate surface area is 151 Å². The van der Waals surface area contributed by atoms with Crippen LogP contribution in [0.1, 0.15) is 18.9 Å². The first-order chi connectivity index (χ1) is 12.6. The van der Waals surface area contributed by atoms with E-state index in [-0.39, 0.29) is 36.5 Å². The van der Waals surface area contributed by atoms with Gasteiger partial charge in [0.15, 0.2) is 0 Å². The number of aliphatic hydroxyl groups is 1. The van der Waals surface area contributed by atoms with Gasteiger partial charge >= 0.3 is 5.97 Å². The third kappa shape index (κ3) is 1.55. The zero-order chi connectivity index (χ0) is 18.2. The first-order valence-electron chi connectivity index (χ1n) is 9.11. The number of hydroxylamine groups is 2. The Morgan fingerprint density at radius 3 is 2.92 bits per heavy atom. The zero-order valence-electron chi connectivity index (χ0n) is 14.8. The molecule has 6 atom stereocenters. The Morgan fingerprint density at radius 1 is 1.46 bits per heavy atom. The van der Waals surface area contributed by atoms with Crippen molar-refractivity contribution in [2.45, 2.75) is 30.8 Å². The van der Waals surface area contributed by atoms with E-state index in [1.807, 2.05) is 37.3 Å². The fourth-order valence-electron chi connectivity index (χ4n) is 6.28. The molecule has 6 nitrogen and oxygen atoms in total. The molecule has 4 fully saturated rings. The summed E-state index contributed by atoms with van der Waals surface area (Å²) in [4.78, 5) is 17.8. The van der Waals surface area contributed by atoms with Crippen molar-refractivity contribution in [2.75, 3.05) is 13.7 Å². The number of aliphatic hydroxyl groups excluding tert-OH is 1. The number of ether oxygens (including phenoxy) is 1. The number of carbonyl (C=O) groups is 1. The predicted octanol–water partition coefficient (Wildman–Crippen LogP) is 1.83. The van der Waals surface area contributed by atoms with Crippen LogP contribution in [0.4, 0.5) is 5.69 Å². The van der Waals surface area contributed by atoms with Gasteiger partial charge in [-0.3, -0.25) is 9.79 Å². The lowest BCUT2D eigenvalue weighted by Crippen LogP contribution is -2.77. The molecule has 2 N–H and O–H groups in total. The van der Waals surface area contributed by atoms with Gasteiger partial charge in [0.2, 0.25) is 0 Å². The number of allylic oxidation sites excluding steroid dienone is 1. The molecule has 26 heavy (non-hydrogen) atoms. The van der Waals surface area contributed by atoms with Crippen LogP contribution in [0.15, 0.2) is 40.9 Å². The van der Waals surface area contributed by atoms with E-state index < -0.39 is 11.3 Å². The topological polar surface area (TPSA) is 82.4 Å². The molecule has 0 amide bonds. The minimum Gasteiger partial charge on any atom is -0.469 e. The molecule has 6 heteroatoms. The van der Waals surface area contributed by atoms with Gasteiger partial charge in [-0.05, 0) is 30.9 Å². The third-order valence-corrected chi connectivity index (χ3v) is 7.03. The number of methoxy groups -OCH3 is 1. The average Bonchev–Trinajstić information content (AvgIpc) is 3.00. The zero-order valence-corrected chi connectivity index (χ0v) is 14.8. The highest BCUT2D eigenvalue weighted by molar-refractivity contribution is 6.10. The highest BCUT2D eigenvalue weighted by Crippen LogP contribution is 2.66. The molecule has 3 heterocycles. The molecule has 6 rings (SSSR count). The third-order valence-electron chi connectivity index (χ3n) is 7.03. The van der Waals surface area contributed by atoms with Crippen LogP contribution in [0.2, 0.25) is 0 Å². The van der Waals surface area contributed by atoms with E-state index in [1.54, 1.807) is 0 Å². The molecule has 2 aliphatic carbocycles. The van der Waals surface area contributed by atoms with Gasteiger partial charge in [-0.2, -0.15) is 5.06 Å². The maximum Gasteiger partial charge on any atom is 0.310 e. The van der Waals surface area contributed by atoms with Crippen LogP contribution in [0.25, 0.3) is 0 Å². The summed E-state index contributed by atoms with van der Waals surface area (Å²) in [6.45, 7) is 1.79. The number of carbonyl (C=O) groups excluding carboxylic acids is 1. The minimum atomic E-state index is -0.706. The number of aliphatic imine (C=N–C) groups is 1. The monoisotopic (exact) mass is 354 g/mol. The molecule has 1 aromatic rings. The second-order valence-electron chi connectivity index (χ2n) is 7.64. The van der Waals surface area contributed by atoms with Crippen molar-refractivity contribution < 1.29 is 19.8 Å². The van der Waals surface area contributed by atoms with Gasteiger partial charge in [-0.1, -0.05) is 29.8 Å². The Bertz CT molecular complexity index is 863. The maximum absolute atomic E-state index is 13.0. The number of hydrogen-bond acceptors (Lipinski definition) is 6. The second kappa shape index (κ2) is 5.25. The molecule has 2 saturated carbocycles. The summed E-state index contributed by atoms with van der Waals surface area (Å²) in [5.74, 6) is -1.06. The van der Waals surface area contributed by atoms with E-state index in [9.17, 15) is 15.1 Å². The van der Waals surface area contributed by atoms with Crippen molar-refractivity contribution in [3.05, 3.63) is 41.5 Å². The van der Waals surface area contributed by atoms with Crippen LogP contribution < -0.4 is 0 Å². The van der Waals surface area contributed by atoms with E-state index in [0.29, 0.717) is 6.42 Å². The summed E-state index contributed by atoms with van der Waals surface area (Å²) in [5, 5.41) is 22.7. The lowest BCUT2D eigenvalue weighted by molar-refractivity contribution is -0.214. The van der Waals surface area contributed by atoms with Crippen molar-refractivity contribution in [1.82, 2.24) is 5.06 Å². The molecular weight excluding hydrogens is 332 g/mol. The second-order valence-corrected chi connectivity index (χ2v) is 7.64. The molecule has 0 aromatic heterocycles. The van der Waals surface area contributed by atoms with Crippen LogP contribution in [0.3, 0.4) is 0 Å². The smallest absolute Gasteiger partial charge is 0.310 e. The van der Waals surface area contributed by atoms with Crippen molar-refractivity contribution in [2.24, 2.45) is 22.7 Å². The molecule has 1 aromatic carbocycles. The number of esters is 1. The van der Waals surface area contributed by atoms with E-state index in [1.165, 1.54) is 12.2 Å². The fraction of sp³-hybridized carbons (Fsp3) is 0.500. The van der Waals surface area contributed by atoms with Crippen LogP contribution >= 0.6 is 0 Å². The summed E-state index contributed by atoms with van der Waals surface area (Å²) in [7, 11) is 1.42. The molecule has 136 valence electrons. The van der Waals surface area contributed by atoms with E-state index in [2.05, 4.69) is 0 Å². The van der Waals surface area contributed by atoms with Gasteiger partial charge in [0.05, 0.1) is 41.9 Å². The van der Waals surface area contributed by atoms with Gasteiger partial charge < -0.3 is 15.1 Å². The largest absolute Gasteiger partial charge is 0.469 e. The first-order valence-corrected chi connectivity index (χ1v) is 9.11. The van der Waals surface area contributed by atoms with Gasteiger partial charge in [0, 0.05) is 12.5 Å². The van der Waals surface area contributed by atoms with E-state index in [4.69, 9.17) is 9.73 Å². The van der Waals surface area contributed by atoms with Crippen LogP contribution in [-0.2, 0) is 14.9 Å². The van der Waals surface area contributed by atoms with Crippen molar-refractivity contribution >= 4 is 17.4 Å². The number of fused-ring (bicyclic) bond motifs is 1. The molecule has 1 spiro atoms. The normalized spacial score (nSPS) is 41.2. The van der Waals surface area contributed by atoms with Crippen molar-refractivity contribution in [1.29, 1.82) is 0 Å². The number of hydrogen-bond donors (Lipinski definition) is 2. The van der Waals surface area contributed by atoms with E-state index >= 15 is 0 Å². The van der Waals surface area contributed by atoms with Gasteiger partial charge in [-0.25, -0.2) is 0 Å². The molecule has 3 aliphatic heterocycles. The molecule has 5 aliphatic rings. The van der Waals surface area contributed by atoms with Gasteiger partial charge in [0.1, 0.15) is 0 Å². The van der Waals surface area contributed by atoms with Gasteiger partial charge in [0.25, 0.3) is 0 Å². The first kappa shape index (κ1) is 16.2. The Morgan fingerprint density at radius 2 is 2.23 bits per heavy atom. The fourth-order valence-corrected chi connectivity index (χ4v) is 6.28. The predicted molar refractivity (Wildman–Crippen MR) is 94.4 cm³/mol. The Hall–Kier alpha value is -2.02. The van der Waals surface area contributed by atoms with Crippen LogP contribution in [-0.4, -0.2) is 52.9 Å². The number of benzene rings is 1. The minimum absolute atomic E-state index is 0.0150. The number of para-hydroxylation sites is 1. The quantitative estimate of drug-likeness (QED) is 0.625. The molecular formula is C20H22N2O4. The summed E-state index contributed by atoms with van der Waals surface area (Å²) in [6, 6.07) is 7.29. The Kier molecular flexibility index (Phi) is 3.27. The molecule has 0 radical (unpaired) electrons. The van der Waals surface area contributed by atoms with Crippen molar-refractivity contribution in [3.63, 3.8) is 0 Å². The number of nitrogens with zero attached hydrogens (tertiary/aromatic N) is 2. The SMILES string of the molecule is C/C=C1/C2CC3C4=Nc5ccccc5C4(C(CO)C1N3O)C2C(=O)OC. The molecule has 4 bridgehead atoms.